The molecule has 158 valence electrons. The number of benzene rings is 3. The Balaban J connectivity index is 1.46. The zero-order valence-electron chi connectivity index (χ0n) is 17.2. The molecule has 1 aliphatic rings. The number of nitrogens with one attached hydrogen (secondary N) is 1. The van der Waals surface area contributed by atoms with Gasteiger partial charge in [-0.05, 0) is 35.4 Å². The molecule has 1 fully saturated rings. The number of amides is 3. The van der Waals surface area contributed by atoms with Crippen LogP contribution in [-0.2, 0) is 17.9 Å². The topological polar surface area (TPSA) is 54.3 Å². The van der Waals surface area contributed by atoms with Crippen LogP contribution < -0.4 is 5.32 Å². The van der Waals surface area contributed by atoms with Crippen molar-refractivity contribution >= 4 is 40.5 Å². The summed E-state index contributed by atoms with van der Waals surface area (Å²) in [6, 6.07) is 24.8. The maximum Gasteiger partial charge on any atom is 0.329 e. The van der Waals surface area contributed by atoms with Gasteiger partial charge in [0.2, 0.25) is 0 Å². The molecule has 1 N–H and O–H groups in total. The summed E-state index contributed by atoms with van der Waals surface area (Å²) >= 11 is 6.01. The van der Waals surface area contributed by atoms with Gasteiger partial charge in [-0.1, -0.05) is 72.3 Å². The Labute approximate surface area is 190 Å². The van der Waals surface area contributed by atoms with Gasteiger partial charge in [-0.2, -0.15) is 0 Å². The minimum atomic E-state index is -0.407. The largest absolute Gasteiger partial charge is 0.342 e. The summed E-state index contributed by atoms with van der Waals surface area (Å²) < 4.78 is 2.13. The van der Waals surface area contributed by atoms with Gasteiger partial charge < -0.3 is 9.88 Å². The van der Waals surface area contributed by atoms with E-state index in [0.717, 1.165) is 27.6 Å². The SMILES string of the molecule is O=C1N/C(=C\c2cn(Cc3ccc(Cl)cc3)c3ccccc23)C(=O)N1Cc1ccccc1. The second-order valence-electron chi connectivity index (χ2n) is 7.72. The maximum absolute atomic E-state index is 12.9. The van der Waals surface area contributed by atoms with E-state index in [2.05, 4.69) is 9.88 Å². The molecule has 3 aromatic carbocycles. The molecule has 0 saturated carbocycles. The number of para-hydroxylation sites is 1. The van der Waals surface area contributed by atoms with E-state index in [1.54, 1.807) is 6.08 Å². The summed E-state index contributed by atoms with van der Waals surface area (Å²) in [5.41, 5.74) is 4.22. The zero-order chi connectivity index (χ0) is 22.1. The maximum atomic E-state index is 12.9. The first-order valence-electron chi connectivity index (χ1n) is 10.3. The minimum Gasteiger partial charge on any atom is -0.342 e. The Morgan fingerprint density at radius 1 is 0.812 bits per heavy atom. The van der Waals surface area contributed by atoms with Gasteiger partial charge in [0.25, 0.3) is 5.91 Å². The number of rotatable bonds is 5. The van der Waals surface area contributed by atoms with Crippen molar-refractivity contribution < 1.29 is 9.59 Å². The van der Waals surface area contributed by atoms with E-state index in [-0.39, 0.29) is 18.1 Å². The van der Waals surface area contributed by atoms with Crippen molar-refractivity contribution in [2.75, 3.05) is 0 Å². The molecular weight excluding hydrogens is 422 g/mol. The molecule has 1 aliphatic heterocycles. The summed E-state index contributed by atoms with van der Waals surface area (Å²) in [4.78, 5) is 26.6. The number of urea groups is 1. The molecule has 0 bridgehead atoms. The van der Waals surface area contributed by atoms with Crippen LogP contribution in [0.2, 0.25) is 5.02 Å². The van der Waals surface area contributed by atoms with E-state index in [1.165, 1.54) is 4.90 Å². The van der Waals surface area contributed by atoms with E-state index >= 15 is 0 Å². The van der Waals surface area contributed by atoms with Crippen molar-refractivity contribution in [3.05, 3.63) is 112 Å². The lowest BCUT2D eigenvalue weighted by atomic mass is 10.1. The van der Waals surface area contributed by atoms with Crippen molar-refractivity contribution in [1.29, 1.82) is 0 Å². The lowest BCUT2D eigenvalue weighted by molar-refractivity contribution is -0.123. The Bertz CT molecular complexity index is 1340. The Kier molecular flexibility index (Phi) is 5.25. The number of carbonyl (C=O) groups excluding carboxylic acids is 2. The van der Waals surface area contributed by atoms with Crippen molar-refractivity contribution in [2.24, 2.45) is 0 Å². The van der Waals surface area contributed by atoms with Crippen molar-refractivity contribution in [3.63, 3.8) is 0 Å². The summed E-state index contributed by atoms with van der Waals surface area (Å²) in [6.07, 6.45) is 3.76. The first-order valence-corrected chi connectivity index (χ1v) is 10.7. The van der Waals surface area contributed by atoms with Crippen LogP contribution in [0, 0.1) is 0 Å². The molecule has 0 spiro atoms. The predicted molar refractivity (Wildman–Crippen MR) is 126 cm³/mol. The molecular formula is C26H20ClN3O2. The molecule has 0 radical (unpaired) electrons. The van der Waals surface area contributed by atoms with Crippen molar-refractivity contribution in [3.8, 4) is 0 Å². The molecule has 1 aromatic heterocycles. The third-order valence-electron chi connectivity index (χ3n) is 5.53. The van der Waals surface area contributed by atoms with Gasteiger partial charge in [0, 0.05) is 34.2 Å². The molecule has 1 saturated heterocycles. The van der Waals surface area contributed by atoms with Crippen LogP contribution in [-0.4, -0.2) is 21.4 Å². The number of hydrogen-bond donors (Lipinski definition) is 1. The molecule has 0 atom stereocenters. The molecule has 2 heterocycles. The van der Waals surface area contributed by atoms with Crippen LogP contribution in [0.1, 0.15) is 16.7 Å². The second-order valence-corrected chi connectivity index (χ2v) is 8.16. The molecule has 5 nitrogen and oxygen atoms in total. The van der Waals surface area contributed by atoms with Crippen molar-refractivity contribution in [1.82, 2.24) is 14.8 Å². The average Bonchev–Trinajstić information content (AvgIpc) is 3.28. The van der Waals surface area contributed by atoms with Crippen LogP contribution in [0.25, 0.3) is 17.0 Å². The summed E-state index contributed by atoms with van der Waals surface area (Å²) in [6.45, 7) is 0.905. The third-order valence-corrected chi connectivity index (χ3v) is 5.78. The van der Waals surface area contributed by atoms with Crippen LogP contribution >= 0.6 is 11.6 Å². The van der Waals surface area contributed by atoms with Crippen LogP contribution in [0.4, 0.5) is 4.79 Å². The van der Waals surface area contributed by atoms with Crippen molar-refractivity contribution in [2.45, 2.75) is 13.1 Å². The quantitative estimate of drug-likeness (QED) is 0.331. The number of fused-ring (bicyclic) bond motifs is 1. The third kappa shape index (κ3) is 3.90. The number of halogens is 1. The minimum absolute atomic E-state index is 0.237. The van der Waals surface area contributed by atoms with Gasteiger partial charge in [-0.3, -0.25) is 9.69 Å². The Hall–Kier alpha value is -3.83. The molecule has 0 aliphatic carbocycles. The first kappa shape index (κ1) is 20.1. The Morgan fingerprint density at radius 3 is 2.28 bits per heavy atom. The summed E-state index contributed by atoms with van der Waals surface area (Å²) in [5.74, 6) is -0.326. The number of hydrogen-bond acceptors (Lipinski definition) is 2. The van der Waals surface area contributed by atoms with E-state index < -0.39 is 6.03 Å². The number of imide groups is 1. The summed E-state index contributed by atoms with van der Waals surface area (Å²) in [7, 11) is 0. The monoisotopic (exact) mass is 441 g/mol. The highest BCUT2D eigenvalue weighted by molar-refractivity contribution is 6.30. The Morgan fingerprint density at radius 2 is 1.50 bits per heavy atom. The highest BCUT2D eigenvalue weighted by Gasteiger charge is 2.33. The van der Waals surface area contributed by atoms with Gasteiger partial charge in [-0.15, -0.1) is 0 Å². The fraction of sp³-hybridized carbons (Fsp3) is 0.0769. The number of carbonyl (C=O) groups is 2. The van der Waals surface area contributed by atoms with Gasteiger partial charge >= 0.3 is 6.03 Å². The molecule has 0 unspecified atom stereocenters. The summed E-state index contributed by atoms with van der Waals surface area (Å²) in [5, 5.41) is 4.44. The van der Waals surface area contributed by atoms with Crippen LogP contribution in [0.5, 0.6) is 0 Å². The highest BCUT2D eigenvalue weighted by atomic mass is 35.5. The molecule has 5 rings (SSSR count). The predicted octanol–water partition coefficient (Wildman–Crippen LogP) is 5.44. The van der Waals surface area contributed by atoms with Gasteiger partial charge in [0.05, 0.1) is 6.54 Å². The highest BCUT2D eigenvalue weighted by Crippen LogP contribution is 2.26. The van der Waals surface area contributed by atoms with Gasteiger partial charge in [-0.25, -0.2) is 4.79 Å². The zero-order valence-corrected chi connectivity index (χ0v) is 17.9. The molecule has 6 heteroatoms. The van der Waals surface area contributed by atoms with Crippen LogP contribution in [0.3, 0.4) is 0 Å². The normalized spacial score (nSPS) is 15.0. The molecule has 32 heavy (non-hydrogen) atoms. The fourth-order valence-corrected chi connectivity index (χ4v) is 4.07. The fourth-order valence-electron chi connectivity index (χ4n) is 3.94. The number of nitrogens with zero attached hydrogens (tertiary/aromatic N) is 2. The molecule has 3 amide bonds. The lowest BCUT2D eigenvalue weighted by Crippen LogP contribution is -2.30. The average molecular weight is 442 g/mol. The van der Waals surface area contributed by atoms with E-state index in [9.17, 15) is 9.59 Å². The lowest BCUT2D eigenvalue weighted by Gasteiger charge is -2.11. The van der Waals surface area contributed by atoms with Gasteiger partial charge in [0.1, 0.15) is 5.70 Å². The van der Waals surface area contributed by atoms with Gasteiger partial charge in [0.15, 0.2) is 0 Å². The second kappa shape index (κ2) is 8.36. The standard InChI is InChI=1S/C26H20ClN3O2/c27-21-12-10-19(11-13-21)15-29-17-20(22-8-4-5-9-24(22)29)14-23-25(31)30(26(32)28-23)16-18-6-2-1-3-7-18/h1-14,17H,15-16H2,(H,28,32)/b23-14-. The van der Waals surface area contributed by atoms with E-state index in [1.807, 2.05) is 85.1 Å². The molecule has 4 aromatic rings. The smallest absolute Gasteiger partial charge is 0.329 e. The van der Waals surface area contributed by atoms with E-state index in [0.29, 0.717) is 11.6 Å². The van der Waals surface area contributed by atoms with E-state index in [4.69, 9.17) is 11.6 Å². The number of aromatic nitrogens is 1. The van der Waals surface area contributed by atoms with Crippen LogP contribution in [0.15, 0.2) is 90.8 Å². The first-order chi connectivity index (χ1) is 15.6.